The molecular formula is C22H23N3O4. The topological polar surface area (TPSA) is 93.3 Å². The van der Waals surface area contributed by atoms with Gasteiger partial charge in [0.25, 0.3) is 5.91 Å². The standard InChI is InChI=1S/C22H23N3O4/c1-14(2)12-16-13-19(25-24-16)22(27)29-17-10-8-15(9-11-17)23-21(26)18-6-4-5-7-20(18)28-3/h4-11,13-14H,12H2,1-3H3,(H,23,26)(H,24,25). The molecule has 0 aliphatic heterocycles. The van der Waals surface area contributed by atoms with E-state index in [1.165, 1.54) is 7.11 Å². The zero-order valence-corrected chi connectivity index (χ0v) is 16.6. The van der Waals surface area contributed by atoms with E-state index in [1.807, 2.05) is 0 Å². The highest BCUT2D eigenvalue weighted by atomic mass is 16.5. The highest BCUT2D eigenvalue weighted by molar-refractivity contribution is 6.06. The second-order valence-electron chi connectivity index (χ2n) is 6.94. The lowest BCUT2D eigenvalue weighted by molar-refractivity contribution is 0.0728. The molecule has 7 nitrogen and oxygen atoms in total. The molecule has 1 amide bonds. The smallest absolute Gasteiger partial charge is 0.364 e. The van der Waals surface area contributed by atoms with Gasteiger partial charge in [0.1, 0.15) is 11.5 Å². The number of para-hydroxylation sites is 1. The molecule has 1 aromatic heterocycles. The van der Waals surface area contributed by atoms with Crippen LogP contribution in [0.1, 0.15) is 40.4 Å². The van der Waals surface area contributed by atoms with Crippen LogP contribution >= 0.6 is 0 Å². The fourth-order valence-corrected chi connectivity index (χ4v) is 2.81. The van der Waals surface area contributed by atoms with Gasteiger partial charge < -0.3 is 14.8 Å². The van der Waals surface area contributed by atoms with Crippen molar-refractivity contribution in [3.8, 4) is 11.5 Å². The van der Waals surface area contributed by atoms with Gasteiger partial charge in [-0.25, -0.2) is 4.79 Å². The van der Waals surface area contributed by atoms with Crippen LogP contribution in [0.2, 0.25) is 0 Å². The van der Waals surface area contributed by atoms with Crippen molar-refractivity contribution in [1.82, 2.24) is 10.2 Å². The lowest BCUT2D eigenvalue weighted by atomic mass is 10.1. The van der Waals surface area contributed by atoms with E-state index in [9.17, 15) is 9.59 Å². The lowest BCUT2D eigenvalue weighted by Gasteiger charge is -2.09. The summed E-state index contributed by atoms with van der Waals surface area (Å²) in [6.45, 7) is 4.18. The van der Waals surface area contributed by atoms with E-state index < -0.39 is 5.97 Å². The highest BCUT2D eigenvalue weighted by Crippen LogP contribution is 2.21. The van der Waals surface area contributed by atoms with Crippen molar-refractivity contribution in [2.24, 2.45) is 5.92 Å². The van der Waals surface area contributed by atoms with E-state index >= 15 is 0 Å². The molecule has 0 aliphatic rings. The Bertz CT molecular complexity index is 993. The molecular weight excluding hydrogens is 370 g/mol. The van der Waals surface area contributed by atoms with Crippen molar-refractivity contribution in [1.29, 1.82) is 0 Å². The van der Waals surface area contributed by atoms with Crippen molar-refractivity contribution in [2.75, 3.05) is 12.4 Å². The number of esters is 1. The van der Waals surface area contributed by atoms with E-state index in [-0.39, 0.29) is 11.6 Å². The Labute approximate surface area is 169 Å². The minimum atomic E-state index is -0.540. The summed E-state index contributed by atoms with van der Waals surface area (Å²) < 4.78 is 10.6. The quantitative estimate of drug-likeness (QED) is 0.466. The first-order valence-electron chi connectivity index (χ1n) is 9.27. The monoisotopic (exact) mass is 393 g/mol. The summed E-state index contributed by atoms with van der Waals surface area (Å²) in [6.07, 6.45) is 0.806. The Morgan fingerprint density at radius 2 is 1.83 bits per heavy atom. The summed E-state index contributed by atoms with van der Waals surface area (Å²) in [5.74, 6) is 0.478. The number of rotatable bonds is 7. The zero-order valence-electron chi connectivity index (χ0n) is 16.6. The van der Waals surface area contributed by atoms with E-state index in [4.69, 9.17) is 9.47 Å². The van der Waals surface area contributed by atoms with Gasteiger partial charge in [-0.05, 0) is 54.8 Å². The molecule has 0 radical (unpaired) electrons. The van der Waals surface area contributed by atoms with Crippen LogP contribution in [0, 0.1) is 5.92 Å². The molecule has 2 aromatic carbocycles. The van der Waals surface area contributed by atoms with Crippen LogP contribution in [-0.2, 0) is 6.42 Å². The largest absolute Gasteiger partial charge is 0.496 e. The van der Waals surface area contributed by atoms with Gasteiger partial charge in [-0.3, -0.25) is 9.89 Å². The second-order valence-corrected chi connectivity index (χ2v) is 6.94. The van der Waals surface area contributed by atoms with Crippen LogP contribution in [-0.4, -0.2) is 29.2 Å². The molecule has 0 fully saturated rings. The maximum Gasteiger partial charge on any atom is 0.364 e. The number of amides is 1. The van der Waals surface area contributed by atoms with Gasteiger partial charge >= 0.3 is 5.97 Å². The van der Waals surface area contributed by atoms with Crippen LogP contribution in [0.15, 0.2) is 54.6 Å². The molecule has 7 heteroatoms. The number of carbonyl (C=O) groups is 2. The van der Waals surface area contributed by atoms with Crippen molar-refractivity contribution < 1.29 is 19.1 Å². The van der Waals surface area contributed by atoms with Gasteiger partial charge in [0.05, 0.1) is 12.7 Å². The number of nitrogens with one attached hydrogen (secondary N) is 2. The number of hydrogen-bond acceptors (Lipinski definition) is 5. The minimum Gasteiger partial charge on any atom is -0.496 e. The SMILES string of the molecule is COc1ccccc1C(=O)Nc1ccc(OC(=O)c2cc(CC(C)C)[nH]n2)cc1. The molecule has 150 valence electrons. The van der Waals surface area contributed by atoms with Crippen LogP contribution in [0.3, 0.4) is 0 Å². The fraction of sp³-hybridized carbons (Fsp3) is 0.227. The number of methoxy groups -OCH3 is 1. The summed E-state index contributed by atoms with van der Waals surface area (Å²) in [6, 6.07) is 15.2. The van der Waals surface area contributed by atoms with Crippen molar-refractivity contribution in [3.05, 3.63) is 71.5 Å². The number of benzene rings is 2. The summed E-state index contributed by atoms with van der Waals surface area (Å²) >= 11 is 0. The highest BCUT2D eigenvalue weighted by Gasteiger charge is 2.15. The maximum absolute atomic E-state index is 12.4. The second kappa shape index (κ2) is 9.05. The molecule has 0 unspecified atom stereocenters. The predicted octanol–water partition coefficient (Wildman–Crippen LogP) is 4.09. The Kier molecular flexibility index (Phi) is 6.29. The lowest BCUT2D eigenvalue weighted by Crippen LogP contribution is -2.13. The molecule has 0 bridgehead atoms. The van der Waals surface area contributed by atoms with Crippen molar-refractivity contribution in [3.63, 3.8) is 0 Å². The number of ether oxygens (including phenoxy) is 2. The number of nitrogens with zero attached hydrogens (tertiary/aromatic N) is 1. The Morgan fingerprint density at radius 3 is 2.52 bits per heavy atom. The number of hydrogen-bond donors (Lipinski definition) is 2. The molecule has 0 aliphatic carbocycles. The maximum atomic E-state index is 12.4. The van der Waals surface area contributed by atoms with E-state index in [1.54, 1.807) is 54.6 Å². The van der Waals surface area contributed by atoms with Gasteiger partial charge in [0, 0.05) is 11.4 Å². The number of anilines is 1. The van der Waals surface area contributed by atoms with E-state index in [0.717, 1.165) is 12.1 Å². The summed E-state index contributed by atoms with van der Waals surface area (Å²) in [4.78, 5) is 24.7. The molecule has 1 heterocycles. The molecule has 2 N–H and O–H groups in total. The molecule has 0 saturated carbocycles. The first-order valence-corrected chi connectivity index (χ1v) is 9.27. The van der Waals surface area contributed by atoms with E-state index in [0.29, 0.717) is 28.7 Å². The molecule has 0 saturated heterocycles. The van der Waals surface area contributed by atoms with Crippen LogP contribution in [0.4, 0.5) is 5.69 Å². The van der Waals surface area contributed by atoms with Crippen molar-refractivity contribution in [2.45, 2.75) is 20.3 Å². The van der Waals surface area contributed by atoms with Gasteiger partial charge in [-0.15, -0.1) is 0 Å². The minimum absolute atomic E-state index is 0.231. The summed E-state index contributed by atoms with van der Waals surface area (Å²) in [7, 11) is 1.51. The Hall–Kier alpha value is -3.61. The average Bonchev–Trinajstić information content (AvgIpc) is 3.17. The summed E-state index contributed by atoms with van der Waals surface area (Å²) in [5.41, 5.74) is 2.12. The van der Waals surface area contributed by atoms with Gasteiger partial charge in [-0.1, -0.05) is 26.0 Å². The van der Waals surface area contributed by atoms with Crippen LogP contribution < -0.4 is 14.8 Å². The number of aromatic amines is 1. The fourth-order valence-electron chi connectivity index (χ4n) is 2.81. The van der Waals surface area contributed by atoms with Gasteiger partial charge in [0.2, 0.25) is 0 Å². The third-order valence-electron chi connectivity index (χ3n) is 4.14. The first kappa shape index (κ1) is 20.1. The average molecular weight is 393 g/mol. The molecule has 0 atom stereocenters. The molecule has 3 aromatic rings. The number of aromatic nitrogens is 2. The van der Waals surface area contributed by atoms with Gasteiger partial charge in [-0.2, -0.15) is 5.10 Å². The van der Waals surface area contributed by atoms with Crippen LogP contribution in [0.25, 0.3) is 0 Å². The predicted molar refractivity (Wildman–Crippen MR) is 109 cm³/mol. The molecule has 0 spiro atoms. The third-order valence-corrected chi connectivity index (χ3v) is 4.14. The Morgan fingerprint density at radius 1 is 1.10 bits per heavy atom. The van der Waals surface area contributed by atoms with Gasteiger partial charge in [0.15, 0.2) is 5.69 Å². The molecule has 3 rings (SSSR count). The van der Waals surface area contributed by atoms with E-state index in [2.05, 4.69) is 29.4 Å². The zero-order chi connectivity index (χ0) is 20.8. The third kappa shape index (κ3) is 5.22. The van der Waals surface area contributed by atoms with Crippen LogP contribution in [0.5, 0.6) is 11.5 Å². The first-order chi connectivity index (χ1) is 14.0. The normalized spacial score (nSPS) is 10.6. The number of carbonyl (C=O) groups excluding carboxylic acids is 2. The molecule has 29 heavy (non-hydrogen) atoms. The van der Waals surface area contributed by atoms with Crippen molar-refractivity contribution >= 4 is 17.6 Å². The number of H-pyrrole nitrogens is 1. The Balaban J connectivity index is 1.62. The summed E-state index contributed by atoms with van der Waals surface area (Å²) in [5, 5.41) is 9.64.